The molecule has 2 amide bonds. The van der Waals surface area contributed by atoms with Crippen molar-refractivity contribution in [3.05, 3.63) is 71.8 Å². The number of ether oxygens (including phenoxy) is 3. The van der Waals surface area contributed by atoms with Crippen LogP contribution < -0.4 is 5.43 Å². The number of benzene rings is 2. The summed E-state index contributed by atoms with van der Waals surface area (Å²) in [5.41, 5.74) is 4.73. The minimum Gasteiger partial charge on any atom is -0.467 e. The largest absolute Gasteiger partial charge is 0.467 e. The first-order valence-corrected chi connectivity index (χ1v) is 21.8. The fourth-order valence-corrected chi connectivity index (χ4v) is 12.6. The van der Waals surface area contributed by atoms with Crippen LogP contribution in [0.4, 0.5) is 9.59 Å². The molecule has 2 atom stereocenters. The SMILES string of the molecule is COC(=O)[C@H]([C@H](CO[Si](C(C)C)(C(C)C)C(C)C)O[Si](C)(C)C(C)(C)C)N(NC(=O)OCc1ccccc1)C(=O)OCc1ccccc1. The van der Waals surface area contributed by atoms with Crippen LogP contribution >= 0.6 is 0 Å². The molecule has 2 aromatic rings. The maximum atomic E-state index is 13.9. The Labute approximate surface area is 290 Å². The standard InChI is InChI=1S/C36H58N2O8Si2/c1-26(2)48(27(3)4,28(5)6)45-25-31(46-47(11,12)36(7,8)9)32(33(39)42-10)38(35(41)44-24-30-21-17-14-18-22-30)37-34(40)43-23-29-19-15-13-16-20-29/h13-22,26-28,31-32H,23-25H2,1-12H3,(H,37,40)/t31-,32-/m0/s1. The van der Waals surface area contributed by atoms with E-state index in [1.165, 1.54) is 7.11 Å². The maximum Gasteiger partial charge on any atom is 0.430 e. The molecule has 0 aliphatic heterocycles. The maximum absolute atomic E-state index is 13.9. The number of methoxy groups -OCH3 is 1. The monoisotopic (exact) mass is 702 g/mol. The zero-order valence-corrected chi connectivity index (χ0v) is 33.0. The van der Waals surface area contributed by atoms with E-state index in [0.29, 0.717) is 0 Å². The molecule has 2 rings (SSSR count). The molecule has 0 bridgehead atoms. The number of hydrazine groups is 1. The molecule has 48 heavy (non-hydrogen) atoms. The first kappa shape index (κ1) is 41.0. The number of rotatable bonds is 15. The summed E-state index contributed by atoms with van der Waals surface area (Å²) in [6.07, 6.45) is -2.94. The fraction of sp³-hybridized carbons (Fsp3) is 0.583. The van der Waals surface area contributed by atoms with E-state index in [-0.39, 0.29) is 41.5 Å². The summed E-state index contributed by atoms with van der Waals surface area (Å²) in [5, 5.41) is 0.585. The van der Waals surface area contributed by atoms with Gasteiger partial charge in [0.05, 0.1) is 13.7 Å². The highest BCUT2D eigenvalue weighted by Gasteiger charge is 2.50. The van der Waals surface area contributed by atoms with Crippen LogP contribution in [0.1, 0.15) is 73.4 Å². The molecule has 0 radical (unpaired) electrons. The summed E-state index contributed by atoms with van der Waals surface area (Å²) >= 11 is 0. The minimum atomic E-state index is -2.61. The number of esters is 1. The second kappa shape index (κ2) is 18.0. The van der Waals surface area contributed by atoms with Crippen LogP contribution in [0.15, 0.2) is 60.7 Å². The number of carbonyl (C=O) groups is 3. The van der Waals surface area contributed by atoms with E-state index >= 15 is 0 Å². The highest BCUT2D eigenvalue weighted by Crippen LogP contribution is 2.43. The number of nitrogens with one attached hydrogen (secondary N) is 1. The van der Waals surface area contributed by atoms with Gasteiger partial charge in [0.1, 0.15) is 19.3 Å². The highest BCUT2D eigenvalue weighted by atomic mass is 28.4. The Kier molecular flexibility index (Phi) is 15.4. The van der Waals surface area contributed by atoms with Crippen molar-refractivity contribution < 1.29 is 37.4 Å². The lowest BCUT2D eigenvalue weighted by atomic mass is 10.1. The predicted octanol–water partition coefficient (Wildman–Crippen LogP) is 8.59. The van der Waals surface area contributed by atoms with Crippen LogP contribution in [0, 0.1) is 0 Å². The summed E-state index contributed by atoms with van der Waals surface area (Å²) in [6.45, 7) is 23.3. The molecule has 2 aromatic carbocycles. The first-order valence-electron chi connectivity index (χ1n) is 16.7. The smallest absolute Gasteiger partial charge is 0.430 e. The van der Waals surface area contributed by atoms with Crippen molar-refractivity contribution in [3.8, 4) is 0 Å². The Morgan fingerprint density at radius 2 is 1.23 bits per heavy atom. The van der Waals surface area contributed by atoms with Crippen LogP contribution in [0.5, 0.6) is 0 Å². The van der Waals surface area contributed by atoms with Crippen molar-refractivity contribution >= 4 is 34.8 Å². The third-order valence-electron chi connectivity index (χ3n) is 9.36. The average molecular weight is 703 g/mol. The summed E-state index contributed by atoms with van der Waals surface area (Å²) in [4.78, 5) is 41.0. The van der Waals surface area contributed by atoms with Crippen LogP contribution in [-0.2, 0) is 41.1 Å². The van der Waals surface area contributed by atoms with Crippen molar-refractivity contribution in [2.75, 3.05) is 13.7 Å². The summed E-state index contributed by atoms with van der Waals surface area (Å²) < 4.78 is 30.3. The lowest BCUT2D eigenvalue weighted by Crippen LogP contribution is -2.63. The molecule has 1 N–H and O–H groups in total. The molecule has 0 fully saturated rings. The molecule has 0 saturated heterocycles. The van der Waals surface area contributed by atoms with E-state index in [4.69, 9.17) is 23.1 Å². The van der Waals surface area contributed by atoms with Gasteiger partial charge in [0, 0.05) is 0 Å². The molecule has 268 valence electrons. The van der Waals surface area contributed by atoms with Crippen molar-refractivity contribution in [3.63, 3.8) is 0 Å². The second-order valence-corrected chi connectivity index (χ2v) is 24.8. The molecule has 0 saturated carbocycles. The zero-order valence-electron chi connectivity index (χ0n) is 31.0. The van der Waals surface area contributed by atoms with Gasteiger partial charge in [-0.05, 0) is 45.9 Å². The summed E-state index contributed by atoms with van der Waals surface area (Å²) in [6, 6.07) is 16.8. The van der Waals surface area contributed by atoms with Gasteiger partial charge in [-0.25, -0.2) is 19.8 Å². The number of carbonyl (C=O) groups excluding carboxylic acids is 3. The molecule has 12 heteroatoms. The van der Waals surface area contributed by atoms with Crippen molar-refractivity contribution in [1.82, 2.24) is 10.4 Å². The highest BCUT2D eigenvalue weighted by molar-refractivity contribution is 6.77. The third-order valence-corrected chi connectivity index (χ3v) is 19.9. The van der Waals surface area contributed by atoms with Gasteiger partial charge in [0.25, 0.3) is 0 Å². The number of hydrogen-bond acceptors (Lipinski definition) is 8. The second-order valence-electron chi connectivity index (χ2n) is 14.6. The number of amides is 2. The van der Waals surface area contributed by atoms with Crippen molar-refractivity contribution in [2.24, 2.45) is 0 Å². The van der Waals surface area contributed by atoms with Crippen molar-refractivity contribution in [2.45, 2.75) is 122 Å². The fourth-order valence-electron chi connectivity index (χ4n) is 5.89. The van der Waals surface area contributed by atoms with Crippen molar-refractivity contribution in [1.29, 1.82) is 0 Å². The molecular formula is C36H58N2O8Si2. The third kappa shape index (κ3) is 10.9. The molecule has 0 aliphatic carbocycles. The Hall–Kier alpha value is -3.20. The number of hydrogen-bond donors (Lipinski definition) is 1. The van der Waals surface area contributed by atoms with Crippen LogP contribution in [-0.4, -0.2) is 65.7 Å². The Morgan fingerprint density at radius 3 is 1.65 bits per heavy atom. The van der Waals surface area contributed by atoms with Gasteiger partial charge < -0.3 is 23.1 Å². The molecule has 0 aliphatic rings. The van der Waals surface area contributed by atoms with E-state index in [1.54, 1.807) is 0 Å². The van der Waals surface area contributed by atoms with E-state index in [9.17, 15) is 14.4 Å². The van der Waals surface area contributed by atoms with Crippen LogP contribution in [0.3, 0.4) is 0 Å². The lowest BCUT2D eigenvalue weighted by Gasteiger charge is -2.46. The van der Waals surface area contributed by atoms with Crippen LogP contribution in [0.2, 0.25) is 34.8 Å². The molecule has 0 spiro atoms. The van der Waals surface area contributed by atoms with Gasteiger partial charge in [0.15, 0.2) is 22.7 Å². The lowest BCUT2D eigenvalue weighted by molar-refractivity contribution is -0.152. The normalized spacial score (nSPS) is 13.6. The van der Waals surface area contributed by atoms with Crippen LogP contribution in [0.25, 0.3) is 0 Å². The zero-order chi connectivity index (χ0) is 36.3. The first-order chi connectivity index (χ1) is 22.4. The van der Waals surface area contributed by atoms with Gasteiger partial charge in [-0.15, -0.1) is 0 Å². The summed E-state index contributed by atoms with van der Waals surface area (Å²) in [5.74, 6) is -0.798. The van der Waals surface area contributed by atoms with E-state index in [2.05, 4.69) is 80.8 Å². The van der Waals surface area contributed by atoms with Gasteiger partial charge >= 0.3 is 18.2 Å². The summed E-state index contributed by atoms with van der Waals surface area (Å²) in [7, 11) is -3.85. The molecular weight excluding hydrogens is 645 g/mol. The van der Waals surface area contributed by atoms with Gasteiger partial charge in [-0.3, -0.25) is 0 Å². The number of nitrogens with zero attached hydrogens (tertiary/aromatic N) is 1. The topological polar surface area (TPSA) is 113 Å². The molecule has 0 unspecified atom stereocenters. The quantitative estimate of drug-likeness (QED) is 0.0850. The minimum absolute atomic E-state index is 0.00372. The van der Waals surface area contributed by atoms with E-state index in [0.717, 1.165) is 16.1 Å². The Morgan fingerprint density at radius 1 is 0.771 bits per heavy atom. The van der Waals surface area contributed by atoms with Gasteiger partial charge in [-0.2, -0.15) is 5.01 Å². The molecule has 10 nitrogen and oxygen atoms in total. The Bertz CT molecular complexity index is 1280. The molecule has 0 heterocycles. The average Bonchev–Trinajstić information content (AvgIpc) is 3.02. The molecule has 0 aromatic heterocycles. The Balaban J connectivity index is 2.62. The van der Waals surface area contributed by atoms with E-state index < -0.39 is 46.9 Å². The van der Waals surface area contributed by atoms with E-state index in [1.807, 2.05) is 60.7 Å². The van der Waals surface area contributed by atoms with Gasteiger partial charge in [0.2, 0.25) is 0 Å². The van der Waals surface area contributed by atoms with Gasteiger partial charge in [-0.1, -0.05) is 123 Å². The predicted molar refractivity (Wildman–Crippen MR) is 193 cm³/mol.